The first kappa shape index (κ1) is 9.39. The number of aliphatic hydroxyl groups is 1. The molecule has 0 aliphatic heterocycles. The molecule has 0 bridgehead atoms. The van der Waals surface area contributed by atoms with Crippen LogP contribution in [0.2, 0.25) is 0 Å². The van der Waals surface area contributed by atoms with Crippen LogP contribution in [-0.4, -0.2) is 35.9 Å². The molecule has 0 aliphatic carbocycles. The second-order valence-corrected chi connectivity index (χ2v) is 2.24. The van der Waals surface area contributed by atoms with Gasteiger partial charge in [0.15, 0.2) is 0 Å². The van der Waals surface area contributed by atoms with Crippen molar-refractivity contribution in [1.82, 2.24) is 5.32 Å². The lowest BCUT2D eigenvalue weighted by molar-refractivity contribution is -0.144. The molecule has 2 atom stereocenters. The minimum atomic E-state index is -0.968. The molecule has 2 unspecified atom stereocenters. The van der Waals surface area contributed by atoms with Crippen LogP contribution in [0.15, 0.2) is 0 Å². The van der Waals surface area contributed by atoms with Gasteiger partial charge in [-0.15, -0.1) is 0 Å². The zero-order valence-electron chi connectivity index (χ0n) is 6.16. The van der Waals surface area contributed by atoms with E-state index in [-0.39, 0.29) is 0 Å². The van der Waals surface area contributed by atoms with E-state index in [1.807, 2.05) is 0 Å². The molecule has 0 aromatic carbocycles. The number of carboxylic acid groups (broad SMARTS) is 1. The molecule has 0 fully saturated rings. The first-order valence-electron chi connectivity index (χ1n) is 3.15. The predicted molar refractivity (Wildman–Crippen MR) is 36.7 cm³/mol. The third kappa shape index (κ3) is 2.80. The predicted octanol–water partition coefficient (Wildman–Crippen LogP) is -0.713. The summed E-state index contributed by atoms with van der Waals surface area (Å²) in [7, 11) is 1.65. The van der Waals surface area contributed by atoms with Crippen LogP contribution in [0.4, 0.5) is 0 Å². The van der Waals surface area contributed by atoms with Crippen molar-refractivity contribution in [3.63, 3.8) is 0 Å². The van der Waals surface area contributed by atoms with Gasteiger partial charge < -0.3 is 15.5 Å². The van der Waals surface area contributed by atoms with Gasteiger partial charge in [0.05, 0.1) is 12.0 Å². The summed E-state index contributed by atoms with van der Waals surface area (Å²) in [4.78, 5) is 10.3. The van der Waals surface area contributed by atoms with Gasteiger partial charge in [-0.1, -0.05) is 0 Å². The van der Waals surface area contributed by atoms with Crippen molar-refractivity contribution in [1.29, 1.82) is 0 Å². The summed E-state index contributed by atoms with van der Waals surface area (Å²) in [5.74, 6) is -1.67. The maximum Gasteiger partial charge on any atom is 0.310 e. The van der Waals surface area contributed by atoms with Gasteiger partial charge in [0.25, 0.3) is 0 Å². The highest BCUT2D eigenvalue weighted by atomic mass is 16.4. The molecule has 4 nitrogen and oxygen atoms in total. The molecule has 0 aliphatic rings. The number of aliphatic carboxylic acids is 1. The van der Waals surface area contributed by atoms with E-state index >= 15 is 0 Å². The summed E-state index contributed by atoms with van der Waals surface area (Å²) in [5.41, 5.74) is 0. The Labute approximate surface area is 59.9 Å². The van der Waals surface area contributed by atoms with E-state index < -0.39 is 18.0 Å². The highest BCUT2D eigenvalue weighted by Gasteiger charge is 2.21. The number of hydrogen-bond donors (Lipinski definition) is 3. The summed E-state index contributed by atoms with van der Waals surface area (Å²) in [6, 6.07) is 0. The second-order valence-electron chi connectivity index (χ2n) is 2.24. The molecular weight excluding hydrogens is 134 g/mol. The average Bonchev–Trinajstić information content (AvgIpc) is 1.81. The summed E-state index contributed by atoms with van der Waals surface area (Å²) in [6.07, 6.45) is -0.801. The first-order chi connectivity index (χ1) is 4.59. The van der Waals surface area contributed by atoms with E-state index in [0.717, 1.165) is 0 Å². The van der Waals surface area contributed by atoms with Crippen molar-refractivity contribution in [3.8, 4) is 0 Å². The van der Waals surface area contributed by atoms with Crippen LogP contribution >= 0.6 is 0 Å². The Morgan fingerprint density at radius 2 is 2.20 bits per heavy atom. The topological polar surface area (TPSA) is 69.6 Å². The van der Waals surface area contributed by atoms with Crippen LogP contribution in [0.5, 0.6) is 0 Å². The first-order valence-corrected chi connectivity index (χ1v) is 3.15. The summed E-state index contributed by atoms with van der Waals surface area (Å²) in [6.45, 7) is 1.77. The summed E-state index contributed by atoms with van der Waals surface area (Å²) in [5, 5.41) is 20.1. The molecule has 3 N–H and O–H groups in total. The van der Waals surface area contributed by atoms with Gasteiger partial charge >= 0.3 is 5.97 Å². The average molecular weight is 147 g/mol. The summed E-state index contributed by atoms with van der Waals surface area (Å²) < 4.78 is 0. The fourth-order valence-corrected chi connectivity index (χ4v) is 0.684. The quantitative estimate of drug-likeness (QED) is 0.491. The maximum atomic E-state index is 10.3. The van der Waals surface area contributed by atoms with Gasteiger partial charge in [0.1, 0.15) is 0 Å². The Balaban J connectivity index is 3.85. The van der Waals surface area contributed by atoms with E-state index in [2.05, 4.69) is 5.32 Å². The number of carbonyl (C=O) groups is 1. The molecule has 0 heterocycles. The zero-order chi connectivity index (χ0) is 8.15. The molecule has 10 heavy (non-hydrogen) atoms. The van der Waals surface area contributed by atoms with Crippen molar-refractivity contribution < 1.29 is 15.0 Å². The molecule has 0 aromatic rings. The highest BCUT2D eigenvalue weighted by Crippen LogP contribution is 2.01. The molecule has 4 heteroatoms. The van der Waals surface area contributed by atoms with Crippen LogP contribution in [-0.2, 0) is 4.79 Å². The Bertz CT molecular complexity index is 114. The number of aliphatic hydroxyl groups excluding tert-OH is 1. The summed E-state index contributed by atoms with van der Waals surface area (Å²) >= 11 is 0. The van der Waals surface area contributed by atoms with Crippen molar-refractivity contribution in [3.05, 3.63) is 0 Å². The maximum absolute atomic E-state index is 10.3. The van der Waals surface area contributed by atoms with Gasteiger partial charge in [0.2, 0.25) is 0 Å². The van der Waals surface area contributed by atoms with Gasteiger partial charge in [-0.2, -0.15) is 0 Å². The van der Waals surface area contributed by atoms with Crippen molar-refractivity contribution in [2.45, 2.75) is 13.0 Å². The highest BCUT2D eigenvalue weighted by molar-refractivity contribution is 5.70. The smallest absolute Gasteiger partial charge is 0.310 e. The van der Waals surface area contributed by atoms with Crippen LogP contribution in [0, 0.1) is 5.92 Å². The molecule has 0 saturated carbocycles. The van der Waals surface area contributed by atoms with Crippen molar-refractivity contribution in [2.24, 2.45) is 5.92 Å². The van der Waals surface area contributed by atoms with E-state index in [0.29, 0.717) is 6.54 Å². The molecule has 0 aromatic heterocycles. The molecule has 0 saturated heterocycles. The van der Waals surface area contributed by atoms with Gasteiger partial charge in [-0.3, -0.25) is 4.79 Å². The minimum Gasteiger partial charge on any atom is -0.481 e. The van der Waals surface area contributed by atoms with E-state index in [1.54, 1.807) is 7.05 Å². The number of nitrogens with one attached hydrogen (secondary N) is 1. The third-order valence-corrected chi connectivity index (χ3v) is 1.32. The van der Waals surface area contributed by atoms with Crippen LogP contribution in [0.25, 0.3) is 0 Å². The molecule has 60 valence electrons. The zero-order valence-corrected chi connectivity index (χ0v) is 6.16. The van der Waals surface area contributed by atoms with Crippen molar-refractivity contribution in [2.75, 3.05) is 13.6 Å². The monoisotopic (exact) mass is 147 g/mol. The third-order valence-electron chi connectivity index (χ3n) is 1.32. The standard InChI is InChI=1S/C6H13NO3/c1-4(8)5(3-7-2)6(9)10/h4-5,7-8H,3H2,1-2H3,(H,9,10). The minimum absolute atomic E-state index is 0.299. The fraction of sp³-hybridized carbons (Fsp3) is 0.833. The number of hydrogen-bond acceptors (Lipinski definition) is 3. The van der Waals surface area contributed by atoms with Crippen LogP contribution in [0.3, 0.4) is 0 Å². The van der Waals surface area contributed by atoms with Gasteiger partial charge in [-0.05, 0) is 14.0 Å². The van der Waals surface area contributed by atoms with Gasteiger partial charge in [-0.25, -0.2) is 0 Å². The number of carboxylic acids is 1. The van der Waals surface area contributed by atoms with E-state index in [4.69, 9.17) is 10.2 Å². The Kier molecular flexibility index (Phi) is 3.99. The molecule has 0 radical (unpaired) electrons. The van der Waals surface area contributed by atoms with Crippen LogP contribution in [0.1, 0.15) is 6.92 Å². The largest absolute Gasteiger partial charge is 0.481 e. The molecule has 0 amide bonds. The molecule has 0 rings (SSSR count). The van der Waals surface area contributed by atoms with Crippen LogP contribution < -0.4 is 5.32 Å². The number of rotatable bonds is 4. The van der Waals surface area contributed by atoms with Gasteiger partial charge in [0, 0.05) is 6.54 Å². The lowest BCUT2D eigenvalue weighted by Crippen LogP contribution is -2.34. The van der Waals surface area contributed by atoms with Crippen molar-refractivity contribution >= 4 is 5.97 Å². The van der Waals surface area contributed by atoms with E-state index in [9.17, 15) is 4.79 Å². The second kappa shape index (κ2) is 4.24. The SMILES string of the molecule is CNCC(C(=O)O)C(C)O. The lowest BCUT2D eigenvalue weighted by atomic mass is 10.1. The molecule has 0 spiro atoms. The Morgan fingerprint density at radius 1 is 1.70 bits per heavy atom. The lowest BCUT2D eigenvalue weighted by Gasteiger charge is -2.13. The Hall–Kier alpha value is -0.610. The Morgan fingerprint density at radius 3 is 2.30 bits per heavy atom. The normalized spacial score (nSPS) is 16.3. The molecular formula is C6H13NO3. The fourth-order valence-electron chi connectivity index (χ4n) is 0.684. The van der Waals surface area contributed by atoms with E-state index in [1.165, 1.54) is 6.92 Å².